The molecular formula is C20H20N6O2. The first-order valence-corrected chi connectivity index (χ1v) is 9.13. The lowest BCUT2D eigenvalue weighted by molar-refractivity contribution is 0.394. The number of methoxy groups -OCH3 is 2. The molecule has 1 aliphatic carbocycles. The molecule has 8 nitrogen and oxygen atoms in total. The normalized spacial score (nSPS) is 13.6. The van der Waals surface area contributed by atoms with Gasteiger partial charge in [0.05, 0.1) is 19.9 Å². The van der Waals surface area contributed by atoms with Gasteiger partial charge in [-0.1, -0.05) is 0 Å². The molecule has 2 N–H and O–H groups in total. The number of hydrogen-bond acceptors (Lipinski definition) is 6. The van der Waals surface area contributed by atoms with E-state index >= 15 is 0 Å². The van der Waals surface area contributed by atoms with Crippen LogP contribution in [0.2, 0.25) is 0 Å². The summed E-state index contributed by atoms with van der Waals surface area (Å²) >= 11 is 0. The zero-order chi connectivity index (χ0) is 19.1. The molecule has 28 heavy (non-hydrogen) atoms. The smallest absolute Gasteiger partial charge is 0.214 e. The zero-order valence-electron chi connectivity index (χ0n) is 15.6. The van der Waals surface area contributed by atoms with Crippen molar-refractivity contribution >= 4 is 17.4 Å². The van der Waals surface area contributed by atoms with Gasteiger partial charge in [-0.15, -0.1) is 0 Å². The van der Waals surface area contributed by atoms with Crippen molar-refractivity contribution in [1.82, 2.24) is 24.6 Å². The number of ether oxygens (including phenoxy) is 2. The van der Waals surface area contributed by atoms with Gasteiger partial charge in [-0.2, -0.15) is 5.10 Å². The second-order valence-corrected chi connectivity index (χ2v) is 6.83. The van der Waals surface area contributed by atoms with E-state index in [1.54, 1.807) is 20.4 Å². The lowest BCUT2D eigenvalue weighted by atomic mass is 10.1. The maximum atomic E-state index is 5.39. The number of anilines is 2. The van der Waals surface area contributed by atoms with Crippen LogP contribution in [-0.2, 0) is 0 Å². The molecule has 3 aromatic heterocycles. The van der Waals surface area contributed by atoms with E-state index in [0.717, 1.165) is 28.4 Å². The van der Waals surface area contributed by atoms with Crippen LogP contribution >= 0.6 is 0 Å². The average molecular weight is 376 g/mol. The summed E-state index contributed by atoms with van der Waals surface area (Å²) in [4.78, 5) is 9.23. The molecule has 0 saturated heterocycles. The molecule has 1 aromatic carbocycles. The van der Waals surface area contributed by atoms with E-state index in [9.17, 15) is 0 Å². The molecule has 8 heteroatoms. The van der Waals surface area contributed by atoms with Gasteiger partial charge in [-0.25, -0.2) is 9.97 Å². The van der Waals surface area contributed by atoms with Crippen molar-refractivity contribution in [2.45, 2.75) is 18.8 Å². The second-order valence-electron chi connectivity index (χ2n) is 6.83. The van der Waals surface area contributed by atoms with Crippen LogP contribution in [0.3, 0.4) is 0 Å². The summed E-state index contributed by atoms with van der Waals surface area (Å²) in [6, 6.07) is 9.66. The minimum Gasteiger partial charge on any atom is -0.497 e. The molecule has 1 aliphatic rings. The summed E-state index contributed by atoms with van der Waals surface area (Å²) in [7, 11) is 3.26. The highest BCUT2D eigenvalue weighted by Gasteiger charge is 2.25. The fourth-order valence-electron chi connectivity index (χ4n) is 3.23. The summed E-state index contributed by atoms with van der Waals surface area (Å²) < 4.78 is 12.7. The van der Waals surface area contributed by atoms with Crippen molar-refractivity contribution in [2.75, 3.05) is 19.5 Å². The Kier molecular flexibility index (Phi) is 3.89. The molecule has 1 fully saturated rings. The number of imidazole rings is 1. The van der Waals surface area contributed by atoms with Gasteiger partial charge < -0.3 is 14.8 Å². The minimum absolute atomic E-state index is 0.611. The highest BCUT2D eigenvalue weighted by molar-refractivity contribution is 5.70. The minimum atomic E-state index is 0.611. The number of H-pyrrole nitrogens is 1. The van der Waals surface area contributed by atoms with Crippen LogP contribution in [-0.4, -0.2) is 38.8 Å². The summed E-state index contributed by atoms with van der Waals surface area (Å²) in [6.45, 7) is 0. The number of nitrogens with one attached hydrogen (secondary N) is 2. The van der Waals surface area contributed by atoms with Crippen LogP contribution in [0.4, 0.5) is 11.8 Å². The highest BCUT2D eigenvalue weighted by Crippen LogP contribution is 2.39. The van der Waals surface area contributed by atoms with Gasteiger partial charge in [0.15, 0.2) is 5.82 Å². The maximum Gasteiger partial charge on any atom is 0.214 e. The highest BCUT2D eigenvalue weighted by atomic mass is 16.5. The maximum absolute atomic E-state index is 5.39. The quantitative estimate of drug-likeness (QED) is 0.533. The average Bonchev–Trinajstić information content (AvgIpc) is 3.28. The van der Waals surface area contributed by atoms with E-state index in [0.29, 0.717) is 23.4 Å². The number of fused-ring (bicyclic) bond motifs is 1. The van der Waals surface area contributed by atoms with E-state index in [-0.39, 0.29) is 0 Å². The fourth-order valence-corrected chi connectivity index (χ4v) is 3.23. The van der Waals surface area contributed by atoms with Crippen LogP contribution in [0.1, 0.15) is 24.5 Å². The zero-order valence-corrected chi connectivity index (χ0v) is 15.6. The van der Waals surface area contributed by atoms with E-state index in [1.807, 2.05) is 40.9 Å². The molecule has 0 unspecified atom stereocenters. The van der Waals surface area contributed by atoms with E-state index in [4.69, 9.17) is 14.5 Å². The fraction of sp³-hybridized carbons (Fsp3) is 0.250. The number of rotatable bonds is 6. The van der Waals surface area contributed by atoms with E-state index < -0.39 is 0 Å². The van der Waals surface area contributed by atoms with Crippen LogP contribution < -0.4 is 14.8 Å². The van der Waals surface area contributed by atoms with Crippen LogP contribution in [0.5, 0.6) is 11.5 Å². The summed E-state index contributed by atoms with van der Waals surface area (Å²) in [5.74, 6) is 3.40. The summed E-state index contributed by atoms with van der Waals surface area (Å²) in [5, 5.41) is 10.8. The molecule has 0 aliphatic heterocycles. The molecule has 0 bridgehead atoms. The summed E-state index contributed by atoms with van der Waals surface area (Å²) in [6.07, 6.45) is 6.06. The second kappa shape index (κ2) is 6.56. The topological polar surface area (TPSA) is 89.4 Å². The van der Waals surface area contributed by atoms with Crippen molar-refractivity contribution in [1.29, 1.82) is 0 Å². The van der Waals surface area contributed by atoms with Crippen LogP contribution in [0.15, 0.2) is 42.7 Å². The Labute approximate surface area is 161 Å². The summed E-state index contributed by atoms with van der Waals surface area (Å²) in [5.41, 5.74) is 3.59. The lowest BCUT2D eigenvalue weighted by Gasteiger charge is -2.11. The van der Waals surface area contributed by atoms with Gasteiger partial charge in [0.25, 0.3) is 0 Å². The van der Waals surface area contributed by atoms with Gasteiger partial charge in [0.2, 0.25) is 5.95 Å². The monoisotopic (exact) mass is 376 g/mol. The van der Waals surface area contributed by atoms with Crippen LogP contribution in [0, 0.1) is 0 Å². The molecule has 4 aromatic rings. The third-order valence-corrected chi connectivity index (χ3v) is 4.89. The number of aromatic amines is 1. The molecule has 3 heterocycles. The van der Waals surface area contributed by atoms with Crippen LogP contribution in [0.25, 0.3) is 16.9 Å². The van der Waals surface area contributed by atoms with Gasteiger partial charge in [0.1, 0.15) is 17.1 Å². The Morgan fingerprint density at radius 1 is 1.07 bits per heavy atom. The Morgan fingerprint density at radius 2 is 1.86 bits per heavy atom. The first kappa shape index (κ1) is 16.6. The Balaban J connectivity index is 1.57. The van der Waals surface area contributed by atoms with Crippen molar-refractivity contribution in [3.63, 3.8) is 0 Å². The van der Waals surface area contributed by atoms with Gasteiger partial charge in [0, 0.05) is 47.8 Å². The molecule has 0 spiro atoms. The molecule has 142 valence electrons. The van der Waals surface area contributed by atoms with Crippen molar-refractivity contribution in [3.05, 3.63) is 48.4 Å². The first-order chi connectivity index (χ1) is 13.7. The molecule has 0 radical (unpaired) electrons. The number of aromatic nitrogens is 5. The molecule has 0 atom stereocenters. The Morgan fingerprint density at radius 3 is 2.57 bits per heavy atom. The lowest BCUT2D eigenvalue weighted by Crippen LogP contribution is -2.03. The molecule has 1 saturated carbocycles. The molecule has 5 rings (SSSR count). The standard InChI is InChI=1S/C20H20N6O2/c1-27-14-7-13(8-15(9-14)28-2)16-11-19-21-5-6-26(19)20(22-16)23-18-10-17(24-25-18)12-3-4-12/h5-12H,3-4H2,1-2H3,(H2,22,23,24,25). The van der Waals surface area contributed by atoms with Gasteiger partial charge in [-0.05, 0) is 25.0 Å². The molecular weight excluding hydrogens is 356 g/mol. The third-order valence-electron chi connectivity index (χ3n) is 4.89. The third kappa shape index (κ3) is 3.02. The number of nitrogens with zero attached hydrogens (tertiary/aromatic N) is 4. The number of benzene rings is 1. The predicted octanol–water partition coefficient (Wildman–Crippen LogP) is 3.76. The van der Waals surface area contributed by atoms with Crippen molar-refractivity contribution < 1.29 is 9.47 Å². The molecule has 0 amide bonds. The SMILES string of the molecule is COc1cc(OC)cc(-c2cc3nccn3c(Nc3cc(C4CC4)[nH]n3)n2)c1. The van der Waals surface area contributed by atoms with Crippen molar-refractivity contribution in [2.24, 2.45) is 0 Å². The Bertz CT molecular complexity index is 1120. The largest absolute Gasteiger partial charge is 0.497 e. The van der Waals surface area contributed by atoms with E-state index in [2.05, 4.69) is 20.5 Å². The first-order valence-electron chi connectivity index (χ1n) is 9.13. The van der Waals surface area contributed by atoms with Gasteiger partial charge in [-0.3, -0.25) is 9.50 Å². The van der Waals surface area contributed by atoms with Gasteiger partial charge >= 0.3 is 0 Å². The van der Waals surface area contributed by atoms with Crippen molar-refractivity contribution in [3.8, 4) is 22.8 Å². The number of hydrogen-bond donors (Lipinski definition) is 2. The predicted molar refractivity (Wildman–Crippen MR) is 105 cm³/mol. The van der Waals surface area contributed by atoms with E-state index in [1.165, 1.54) is 12.8 Å². The Hall–Kier alpha value is -3.55.